The van der Waals surface area contributed by atoms with Crippen LogP contribution in [0.5, 0.6) is 0 Å². The first-order valence-corrected chi connectivity index (χ1v) is 6.16. The van der Waals surface area contributed by atoms with Gasteiger partial charge in [0, 0.05) is 25.3 Å². The van der Waals surface area contributed by atoms with Gasteiger partial charge in [0.05, 0.1) is 0 Å². The highest BCUT2D eigenvalue weighted by atomic mass is 19.4. The van der Waals surface area contributed by atoms with Crippen LogP contribution in [0.25, 0.3) is 0 Å². The first-order chi connectivity index (χ1) is 8.67. The topological polar surface area (TPSA) is 28.2 Å². The fourth-order valence-corrected chi connectivity index (χ4v) is 1.69. The van der Waals surface area contributed by atoms with Crippen LogP contribution in [0.2, 0.25) is 0 Å². The first kappa shape index (κ1) is 15.8. The van der Waals surface area contributed by atoms with Gasteiger partial charge in [-0.1, -0.05) is 13.8 Å². The van der Waals surface area contributed by atoms with E-state index in [1.807, 2.05) is 19.9 Å². The van der Waals surface area contributed by atoms with Gasteiger partial charge >= 0.3 is 6.18 Å². The minimum Gasteiger partial charge on any atom is -0.351 e. The van der Waals surface area contributed by atoms with Crippen molar-refractivity contribution in [3.8, 4) is 0 Å². The number of hydrogen-bond acceptors (Lipinski definition) is 3. The van der Waals surface area contributed by atoms with E-state index in [0.29, 0.717) is 24.1 Å². The van der Waals surface area contributed by atoms with Gasteiger partial charge in [0.15, 0.2) is 0 Å². The SMILES string of the molecule is Cc1cc(CNC(C)C)cc(N(C)CC(F)(F)F)n1. The predicted molar refractivity (Wildman–Crippen MR) is 70.3 cm³/mol. The number of halogens is 3. The zero-order chi connectivity index (χ0) is 14.6. The van der Waals surface area contributed by atoms with Crippen LogP contribution in [0.4, 0.5) is 19.0 Å². The molecule has 0 saturated heterocycles. The first-order valence-electron chi connectivity index (χ1n) is 6.16. The average molecular weight is 275 g/mol. The summed E-state index contributed by atoms with van der Waals surface area (Å²) >= 11 is 0. The molecule has 0 spiro atoms. The van der Waals surface area contributed by atoms with E-state index in [0.717, 1.165) is 10.5 Å². The van der Waals surface area contributed by atoms with E-state index in [-0.39, 0.29) is 0 Å². The number of pyridine rings is 1. The summed E-state index contributed by atoms with van der Waals surface area (Å²) in [6.45, 7) is 5.44. The van der Waals surface area contributed by atoms with Crippen LogP contribution < -0.4 is 10.2 Å². The molecule has 108 valence electrons. The summed E-state index contributed by atoms with van der Waals surface area (Å²) in [5.41, 5.74) is 1.65. The maximum atomic E-state index is 12.4. The number of aryl methyl sites for hydroxylation is 1. The maximum Gasteiger partial charge on any atom is 0.405 e. The number of rotatable bonds is 5. The molecule has 1 rings (SSSR count). The standard InChI is InChI=1S/C13H20F3N3/c1-9(2)17-7-11-5-10(3)18-12(6-11)19(4)8-13(14,15)16/h5-6,9,17H,7-8H2,1-4H3. The highest BCUT2D eigenvalue weighted by Crippen LogP contribution is 2.20. The number of nitrogens with one attached hydrogen (secondary N) is 1. The molecule has 1 heterocycles. The van der Waals surface area contributed by atoms with E-state index in [1.54, 1.807) is 13.0 Å². The molecule has 0 aliphatic heterocycles. The fourth-order valence-electron chi connectivity index (χ4n) is 1.69. The van der Waals surface area contributed by atoms with Crippen LogP contribution in [0.3, 0.4) is 0 Å². The van der Waals surface area contributed by atoms with Crippen molar-refractivity contribution in [1.29, 1.82) is 0 Å². The van der Waals surface area contributed by atoms with E-state index in [1.165, 1.54) is 7.05 Å². The summed E-state index contributed by atoms with van der Waals surface area (Å²) in [5.74, 6) is 0.345. The number of hydrogen-bond donors (Lipinski definition) is 1. The van der Waals surface area contributed by atoms with Crippen molar-refractivity contribution >= 4 is 5.82 Å². The zero-order valence-corrected chi connectivity index (χ0v) is 11.7. The largest absolute Gasteiger partial charge is 0.405 e. The van der Waals surface area contributed by atoms with Crippen molar-refractivity contribution in [3.63, 3.8) is 0 Å². The number of anilines is 1. The molecule has 0 bridgehead atoms. The van der Waals surface area contributed by atoms with Crippen molar-refractivity contribution in [3.05, 3.63) is 23.4 Å². The van der Waals surface area contributed by atoms with Crippen molar-refractivity contribution in [2.75, 3.05) is 18.5 Å². The molecule has 19 heavy (non-hydrogen) atoms. The molecule has 3 nitrogen and oxygen atoms in total. The van der Waals surface area contributed by atoms with Gasteiger partial charge in [0.25, 0.3) is 0 Å². The van der Waals surface area contributed by atoms with E-state index in [2.05, 4.69) is 10.3 Å². The molecule has 0 aromatic carbocycles. The molecule has 0 saturated carbocycles. The Morgan fingerprint density at radius 3 is 2.47 bits per heavy atom. The molecule has 1 N–H and O–H groups in total. The van der Waals surface area contributed by atoms with E-state index < -0.39 is 12.7 Å². The van der Waals surface area contributed by atoms with Gasteiger partial charge < -0.3 is 10.2 Å². The number of alkyl halides is 3. The second kappa shape index (κ2) is 6.23. The third-order valence-electron chi connectivity index (χ3n) is 2.52. The lowest BCUT2D eigenvalue weighted by molar-refractivity contribution is -0.119. The summed E-state index contributed by atoms with van der Waals surface area (Å²) in [7, 11) is 1.40. The Hall–Kier alpha value is -1.30. The van der Waals surface area contributed by atoms with E-state index in [4.69, 9.17) is 0 Å². The molecule has 0 aliphatic rings. The summed E-state index contributed by atoms with van der Waals surface area (Å²) in [4.78, 5) is 5.26. The Bertz CT molecular complexity index is 416. The van der Waals surface area contributed by atoms with Gasteiger partial charge in [-0.25, -0.2) is 4.98 Å². The summed E-state index contributed by atoms with van der Waals surface area (Å²) in [5, 5.41) is 3.23. The van der Waals surface area contributed by atoms with Crippen LogP contribution in [0, 0.1) is 6.92 Å². The van der Waals surface area contributed by atoms with Crippen LogP contribution in [-0.2, 0) is 6.54 Å². The van der Waals surface area contributed by atoms with Crippen molar-refractivity contribution < 1.29 is 13.2 Å². The molecule has 0 unspecified atom stereocenters. The van der Waals surface area contributed by atoms with E-state index >= 15 is 0 Å². The lowest BCUT2D eigenvalue weighted by atomic mass is 10.2. The Kier molecular flexibility index (Phi) is 5.17. The summed E-state index contributed by atoms with van der Waals surface area (Å²) in [6, 6.07) is 3.89. The van der Waals surface area contributed by atoms with Crippen LogP contribution in [0.15, 0.2) is 12.1 Å². The third-order valence-corrected chi connectivity index (χ3v) is 2.52. The molecular formula is C13H20F3N3. The molecule has 0 amide bonds. The molecule has 1 aromatic heterocycles. The number of aromatic nitrogens is 1. The molecule has 1 aromatic rings. The average Bonchev–Trinajstić information content (AvgIpc) is 2.23. The minimum atomic E-state index is -4.23. The molecule has 0 atom stereocenters. The molecule has 6 heteroatoms. The molecule has 0 radical (unpaired) electrons. The monoisotopic (exact) mass is 275 g/mol. The summed E-state index contributed by atoms with van der Waals surface area (Å²) in [6.07, 6.45) is -4.23. The molecule has 0 fully saturated rings. The summed E-state index contributed by atoms with van der Waals surface area (Å²) < 4.78 is 37.1. The van der Waals surface area contributed by atoms with Crippen molar-refractivity contribution in [1.82, 2.24) is 10.3 Å². The Balaban J connectivity index is 2.83. The second-order valence-electron chi connectivity index (χ2n) is 4.98. The fraction of sp³-hybridized carbons (Fsp3) is 0.615. The van der Waals surface area contributed by atoms with Crippen molar-refractivity contribution in [2.24, 2.45) is 0 Å². The van der Waals surface area contributed by atoms with Crippen molar-refractivity contribution in [2.45, 2.75) is 39.5 Å². The Morgan fingerprint density at radius 2 is 1.95 bits per heavy atom. The van der Waals surface area contributed by atoms with Crippen LogP contribution >= 0.6 is 0 Å². The van der Waals surface area contributed by atoms with Gasteiger partial charge in [0.2, 0.25) is 0 Å². The highest BCUT2D eigenvalue weighted by Gasteiger charge is 2.29. The Labute approximate surface area is 111 Å². The quantitative estimate of drug-likeness (QED) is 0.895. The second-order valence-corrected chi connectivity index (χ2v) is 4.98. The van der Waals surface area contributed by atoms with Gasteiger partial charge in [-0.3, -0.25) is 0 Å². The minimum absolute atomic E-state index is 0.324. The molecule has 0 aliphatic carbocycles. The maximum absolute atomic E-state index is 12.4. The van der Waals surface area contributed by atoms with Crippen LogP contribution in [-0.4, -0.2) is 30.8 Å². The van der Waals surface area contributed by atoms with E-state index in [9.17, 15) is 13.2 Å². The van der Waals surface area contributed by atoms with Crippen LogP contribution in [0.1, 0.15) is 25.1 Å². The normalized spacial score (nSPS) is 12.0. The zero-order valence-electron chi connectivity index (χ0n) is 11.7. The van der Waals surface area contributed by atoms with Gasteiger partial charge in [-0.15, -0.1) is 0 Å². The molecular weight excluding hydrogens is 255 g/mol. The Morgan fingerprint density at radius 1 is 1.32 bits per heavy atom. The lowest BCUT2D eigenvalue weighted by Gasteiger charge is -2.21. The smallest absolute Gasteiger partial charge is 0.351 e. The van der Waals surface area contributed by atoms with Gasteiger partial charge in [-0.2, -0.15) is 13.2 Å². The van der Waals surface area contributed by atoms with Gasteiger partial charge in [0.1, 0.15) is 12.4 Å². The number of nitrogens with zero attached hydrogens (tertiary/aromatic N) is 2. The van der Waals surface area contributed by atoms with Gasteiger partial charge in [-0.05, 0) is 24.6 Å². The lowest BCUT2D eigenvalue weighted by Crippen LogP contribution is -2.31. The highest BCUT2D eigenvalue weighted by molar-refractivity contribution is 5.42. The third kappa shape index (κ3) is 5.92. The predicted octanol–water partition coefficient (Wildman–Crippen LogP) is 2.89.